The maximum Gasteiger partial charge on any atom is 0.249 e. The summed E-state index contributed by atoms with van der Waals surface area (Å²) in [4.78, 5) is 13.7. The molecule has 0 spiro atoms. The fourth-order valence-electron chi connectivity index (χ4n) is 2.40. The van der Waals surface area contributed by atoms with E-state index in [2.05, 4.69) is 19.9 Å². The Hall–Kier alpha value is -1.45. The Morgan fingerprint density at radius 1 is 1.45 bits per heavy atom. The van der Waals surface area contributed by atoms with Crippen molar-refractivity contribution in [3.05, 3.63) is 24.4 Å². The molecule has 0 radical (unpaired) electrons. The highest BCUT2D eigenvalue weighted by Gasteiger charge is 2.25. The average molecular weight is 313 g/mol. The number of thiazole rings is 1. The number of hydrogen-bond donors (Lipinski definition) is 2. The molecule has 9 heteroatoms. The van der Waals surface area contributed by atoms with Gasteiger partial charge in [0, 0.05) is 31.4 Å². The lowest BCUT2D eigenvalue weighted by Gasteiger charge is -2.31. The predicted molar refractivity (Wildman–Crippen MR) is 76.3 cm³/mol. The smallest absolute Gasteiger partial charge is 0.249 e. The van der Waals surface area contributed by atoms with E-state index in [0.717, 1.165) is 43.1 Å². The molecule has 2 aromatic heterocycles. The van der Waals surface area contributed by atoms with Crippen molar-refractivity contribution in [3.8, 4) is 0 Å². The minimum Gasteiger partial charge on any atom is -0.348 e. The van der Waals surface area contributed by atoms with E-state index in [0.29, 0.717) is 11.0 Å². The summed E-state index contributed by atoms with van der Waals surface area (Å²) >= 11 is 1.12. The van der Waals surface area contributed by atoms with Crippen molar-refractivity contribution < 1.29 is 8.42 Å². The van der Waals surface area contributed by atoms with Gasteiger partial charge in [-0.1, -0.05) is 11.3 Å². The SMILES string of the molecule is NS(=O)(=O)c1cnc(N2CCCC(c3ncc[nH]3)C2)s1. The molecule has 3 heterocycles. The van der Waals surface area contributed by atoms with Crippen molar-refractivity contribution in [1.29, 1.82) is 0 Å². The van der Waals surface area contributed by atoms with Gasteiger partial charge in [-0.25, -0.2) is 23.5 Å². The van der Waals surface area contributed by atoms with Crippen LogP contribution in [0.15, 0.2) is 22.8 Å². The van der Waals surface area contributed by atoms with E-state index in [4.69, 9.17) is 5.14 Å². The van der Waals surface area contributed by atoms with Crippen LogP contribution in [-0.4, -0.2) is 36.5 Å². The first-order valence-corrected chi connectivity index (χ1v) is 8.63. The molecule has 108 valence electrons. The predicted octanol–water partition coefficient (Wildman–Crippen LogP) is 0.898. The summed E-state index contributed by atoms with van der Waals surface area (Å²) in [7, 11) is -3.67. The summed E-state index contributed by atoms with van der Waals surface area (Å²) in [5.74, 6) is 1.29. The zero-order chi connectivity index (χ0) is 14.2. The summed E-state index contributed by atoms with van der Waals surface area (Å²) in [5, 5.41) is 5.81. The minimum absolute atomic E-state index is 0.104. The van der Waals surface area contributed by atoms with Gasteiger partial charge < -0.3 is 9.88 Å². The highest BCUT2D eigenvalue weighted by Crippen LogP contribution is 2.31. The number of nitrogens with zero attached hydrogens (tertiary/aromatic N) is 3. The Kier molecular flexibility index (Phi) is 3.48. The summed E-state index contributed by atoms with van der Waals surface area (Å²) in [6.07, 6.45) is 6.98. The summed E-state index contributed by atoms with van der Waals surface area (Å²) < 4.78 is 22.7. The molecular weight excluding hydrogens is 298 g/mol. The number of aromatic amines is 1. The van der Waals surface area contributed by atoms with E-state index >= 15 is 0 Å². The van der Waals surface area contributed by atoms with Crippen molar-refractivity contribution in [3.63, 3.8) is 0 Å². The molecule has 1 aliphatic rings. The highest BCUT2D eigenvalue weighted by atomic mass is 32.2. The van der Waals surface area contributed by atoms with Gasteiger partial charge >= 0.3 is 0 Å². The number of anilines is 1. The molecule has 0 saturated carbocycles. The van der Waals surface area contributed by atoms with E-state index in [9.17, 15) is 8.42 Å². The molecule has 2 aromatic rings. The first kappa shape index (κ1) is 13.5. The molecule has 1 fully saturated rings. The van der Waals surface area contributed by atoms with E-state index in [1.165, 1.54) is 6.20 Å². The maximum atomic E-state index is 11.3. The topological polar surface area (TPSA) is 105 Å². The van der Waals surface area contributed by atoms with Gasteiger partial charge in [-0.05, 0) is 12.8 Å². The third-order valence-corrected chi connectivity index (χ3v) is 5.82. The van der Waals surface area contributed by atoms with Crippen molar-refractivity contribution in [2.45, 2.75) is 23.0 Å². The molecule has 1 unspecified atom stereocenters. The van der Waals surface area contributed by atoms with Gasteiger partial charge in [0.05, 0.1) is 6.20 Å². The van der Waals surface area contributed by atoms with E-state index in [1.807, 2.05) is 6.20 Å². The van der Waals surface area contributed by atoms with Crippen LogP contribution < -0.4 is 10.0 Å². The van der Waals surface area contributed by atoms with Crippen molar-refractivity contribution in [2.75, 3.05) is 18.0 Å². The van der Waals surface area contributed by atoms with Crippen LogP contribution >= 0.6 is 11.3 Å². The fraction of sp³-hybridized carbons (Fsp3) is 0.455. The van der Waals surface area contributed by atoms with Crippen molar-refractivity contribution >= 4 is 26.5 Å². The second kappa shape index (κ2) is 5.15. The summed E-state index contributed by atoms with van der Waals surface area (Å²) in [6, 6.07) is 0. The maximum absolute atomic E-state index is 11.3. The second-order valence-electron chi connectivity index (χ2n) is 4.77. The Bertz CT molecular complexity index is 679. The third kappa shape index (κ3) is 2.69. The molecule has 3 rings (SSSR count). The van der Waals surface area contributed by atoms with Gasteiger partial charge in [-0.2, -0.15) is 0 Å². The van der Waals surface area contributed by atoms with E-state index in [1.54, 1.807) is 6.20 Å². The van der Waals surface area contributed by atoms with E-state index < -0.39 is 10.0 Å². The molecule has 20 heavy (non-hydrogen) atoms. The zero-order valence-electron chi connectivity index (χ0n) is 10.7. The number of imidazole rings is 1. The summed E-state index contributed by atoms with van der Waals surface area (Å²) in [5.41, 5.74) is 0. The first-order valence-electron chi connectivity index (χ1n) is 6.27. The lowest BCUT2D eigenvalue weighted by molar-refractivity contribution is 0.494. The molecule has 0 bridgehead atoms. The van der Waals surface area contributed by atoms with Gasteiger partial charge in [-0.15, -0.1) is 0 Å². The number of sulfonamides is 1. The third-order valence-electron chi connectivity index (χ3n) is 3.35. The molecule has 0 amide bonds. The van der Waals surface area contributed by atoms with Gasteiger partial charge in [0.2, 0.25) is 10.0 Å². The Balaban J connectivity index is 1.79. The Morgan fingerprint density at radius 2 is 2.30 bits per heavy atom. The lowest BCUT2D eigenvalue weighted by atomic mass is 9.98. The van der Waals surface area contributed by atoms with Gasteiger partial charge in [-0.3, -0.25) is 0 Å². The normalized spacial score (nSPS) is 20.2. The van der Waals surface area contributed by atoms with Crippen LogP contribution in [0, 0.1) is 0 Å². The monoisotopic (exact) mass is 313 g/mol. The van der Waals surface area contributed by atoms with Crippen LogP contribution in [0.25, 0.3) is 0 Å². The van der Waals surface area contributed by atoms with Crippen LogP contribution in [0.3, 0.4) is 0 Å². The average Bonchev–Trinajstić information content (AvgIpc) is 3.10. The molecule has 1 saturated heterocycles. The largest absolute Gasteiger partial charge is 0.348 e. The number of nitrogens with one attached hydrogen (secondary N) is 1. The first-order chi connectivity index (χ1) is 9.54. The number of aromatic nitrogens is 3. The number of hydrogen-bond acceptors (Lipinski definition) is 6. The van der Waals surface area contributed by atoms with Gasteiger partial charge in [0.1, 0.15) is 5.82 Å². The fourth-order valence-corrected chi connectivity index (χ4v) is 3.98. The number of rotatable bonds is 3. The highest BCUT2D eigenvalue weighted by molar-refractivity contribution is 7.91. The quantitative estimate of drug-likeness (QED) is 0.876. The Morgan fingerprint density at radius 3 is 2.95 bits per heavy atom. The number of nitrogens with two attached hydrogens (primary N) is 1. The molecule has 1 atom stereocenters. The summed E-state index contributed by atoms with van der Waals surface area (Å²) in [6.45, 7) is 1.65. The minimum atomic E-state index is -3.67. The standard InChI is InChI=1S/C11H15N5O2S2/c12-20(17,18)9-6-15-11(19-9)16-5-1-2-8(7-16)10-13-3-4-14-10/h3-4,6,8H,1-2,5,7H2,(H,13,14)(H2,12,17,18). The van der Waals surface area contributed by atoms with Crippen LogP contribution in [0.2, 0.25) is 0 Å². The molecule has 0 aromatic carbocycles. The Labute approximate surface area is 120 Å². The van der Waals surface area contributed by atoms with Gasteiger partial charge in [0.25, 0.3) is 0 Å². The number of primary sulfonamides is 1. The second-order valence-corrected chi connectivity index (χ2v) is 7.56. The van der Waals surface area contributed by atoms with Crippen LogP contribution in [0.4, 0.5) is 5.13 Å². The molecular formula is C11H15N5O2S2. The van der Waals surface area contributed by atoms with Crippen molar-refractivity contribution in [1.82, 2.24) is 15.0 Å². The molecule has 0 aliphatic carbocycles. The molecule has 3 N–H and O–H groups in total. The van der Waals surface area contributed by atoms with E-state index in [-0.39, 0.29) is 4.21 Å². The van der Waals surface area contributed by atoms with Crippen molar-refractivity contribution in [2.24, 2.45) is 5.14 Å². The van der Waals surface area contributed by atoms with Crippen LogP contribution in [0.5, 0.6) is 0 Å². The zero-order valence-corrected chi connectivity index (χ0v) is 12.3. The molecule has 1 aliphatic heterocycles. The lowest BCUT2D eigenvalue weighted by Crippen LogP contribution is -2.34. The van der Waals surface area contributed by atoms with Crippen LogP contribution in [-0.2, 0) is 10.0 Å². The number of piperidine rings is 1. The number of H-pyrrole nitrogens is 1. The van der Waals surface area contributed by atoms with Gasteiger partial charge in [0.15, 0.2) is 9.34 Å². The van der Waals surface area contributed by atoms with Crippen LogP contribution in [0.1, 0.15) is 24.6 Å². The molecule has 7 nitrogen and oxygen atoms in total.